The Morgan fingerprint density at radius 1 is 1.16 bits per heavy atom. The Morgan fingerprint density at radius 2 is 1.84 bits per heavy atom. The van der Waals surface area contributed by atoms with Crippen LogP contribution in [0.5, 0.6) is 0 Å². The fourth-order valence-corrected chi connectivity index (χ4v) is 2.73. The van der Waals surface area contributed by atoms with E-state index in [1.165, 1.54) is 19.3 Å². The summed E-state index contributed by atoms with van der Waals surface area (Å²) in [7, 11) is 0. The van der Waals surface area contributed by atoms with Gasteiger partial charge in [-0.15, -0.1) is 0 Å². The van der Waals surface area contributed by atoms with Crippen LogP contribution in [0.3, 0.4) is 0 Å². The lowest BCUT2D eigenvalue weighted by Gasteiger charge is -2.30. The minimum Gasteiger partial charge on any atom is -0.396 e. The molecular weight excluding hydrogens is 242 g/mol. The molecule has 0 aromatic heterocycles. The topological polar surface area (TPSA) is 61.7 Å². The van der Waals surface area contributed by atoms with Crippen molar-refractivity contribution < 1.29 is 14.9 Å². The predicted octanol–water partition coefficient (Wildman–Crippen LogP) is 1.41. The second-order valence-corrected chi connectivity index (χ2v) is 6.23. The first kappa shape index (κ1) is 16.9. The van der Waals surface area contributed by atoms with E-state index in [9.17, 15) is 10.2 Å². The second kappa shape index (κ2) is 9.70. The van der Waals surface area contributed by atoms with Crippen LogP contribution in [-0.4, -0.2) is 49.2 Å². The van der Waals surface area contributed by atoms with Crippen LogP contribution in [0.1, 0.15) is 39.5 Å². The van der Waals surface area contributed by atoms with Crippen molar-refractivity contribution in [3.05, 3.63) is 0 Å². The van der Waals surface area contributed by atoms with Gasteiger partial charge in [-0.2, -0.15) is 0 Å². The van der Waals surface area contributed by atoms with Crippen LogP contribution in [0.15, 0.2) is 0 Å². The molecule has 0 amide bonds. The number of aliphatic hydroxyl groups excluding tert-OH is 2. The van der Waals surface area contributed by atoms with E-state index in [0.717, 1.165) is 13.0 Å². The quantitative estimate of drug-likeness (QED) is 0.594. The van der Waals surface area contributed by atoms with Crippen molar-refractivity contribution in [2.75, 3.05) is 32.9 Å². The van der Waals surface area contributed by atoms with Crippen molar-refractivity contribution >= 4 is 0 Å². The van der Waals surface area contributed by atoms with E-state index in [0.29, 0.717) is 44.1 Å². The second-order valence-electron chi connectivity index (χ2n) is 6.23. The molecule has 0 radical (unpaired) electrons. The molecule has 0 aliphatic heterocycles. The van der Waals surface area contributed by atoms with Gasteiger partial charge in [-0.3, -0.25) is 0 Å². The molecular formula is C15H31NO3. The smallest absolute Gasteiger partial charge is 0.0897 e. The van der Waals surface area contributed by atoms with E-state index in [2.05, 4.69) is 19.2 Å². The Balaban J connectivity index is 2.08. The highest BCUT2D eigenvalue weighted by Gasteiger charge is 2.24. The Kier molecular flexibility index (Phi) is 8.62. The van der Waals surface area contributed by atoms with Gasteiger partial charge < -0.3 is 20.3 Å². The molecule has 1 aliphatic rings. The summed E-state index contributed by atoms with van der Waals surface area (Å²) < 4.78 is 5.41. The van der Waals surface area contributed by atoms with Crippen LogP contribution in [0.2, 0.25) is 0 Å². The molecule has 3 unspecified atom stereocenters. The van der Waals surface area contributed by atoms with E-state index in [1.807, 2.05) is 0 Å². The van der Waals surface area contributed by atoms with Crippen molar-refractivity contribution in [3.8, 4) is 0 Å². The zero-order valence-corrected chi connectivity index (χ0v) is 12.5. The summed E-state index contributed by atoms with van der Waals surface area (Å²) in [6.07, 6.45) is 4.41. The fourth-order valence-electron chi connectivity index (χ4n) is 2.73. The molecule has 0 aromatic carbocycles. The van der Waals surface area contributed by atoms with E-state index < -0.39 is 6.10 Å². The van der Waals surface area contributed by atoms with E-state index in [4.69, 9.17) is 4.74 Å². The van der Waals surface area contributed by atoms with Crippen LogP contribution in [0, 0.1) is 17.8 Å². The average molecular weight is 273 g/mol. The summed E-state index contributed by atoms with van der Waals surface area (Å²) in [4.78, 5) is 0. The van der Waals surface area contributed by atoms with Gasteiger partial charge in [0.25, 0.3) is 0 Å². The molecule has 4 heteroatoms. The third-order valence-corrected chi connectivity index (χ3v) is 3.85. The lowest BCUT2D eigenvalue weighted by atomic mass is 9.79. The zero-order chi connectivity index (χ0) is 14.1. The number of aliphatic hydroxyl groups is 2. The average Bonchev–Trinajstić information content (AvgIpc) is 2.39. The Labute approximate surface area is 117 Å². The monoisotopic (exact) mass is 273 g/mol. The normalized spacial score (nSPS) is 25.7. The van der Waals surface area contributed by atoms with Gasteiger partial charge in [-0.25, -0.2) is 0 Å². The van der Waals surface area contributed by atoms with Crippen molar-refractivity contribution in [1.82, 2.24) is 5.32 Å². The highest BCUT2D eigenvalue weighted by Crippen LogP contribution is 2.28. The summed E-state index contributed by atoms with van der Waals surface area (Å²) in [6, 6.07) is 0. The van der Waals surface area contributed by atoms with E-state index in [-0.39, 0.29) is 0 Å². The number of nitrogens with one attached hydrogen (secondary N) is 1. The number of ether oxygens (including phenoxy) is 1. The summed E-state index contributed by atoms with van der Waals surface area (Å²) in [5, 5.41) is 22.4. The lowest BCUT2D eigenvalue weighted by molar-refractivity contribution is 0.0248. The molecule has 114 valence electrons. The maximum absolute atomic E-state index is 9.78. The number of hydrogen-bond acceptors (Lipinski definition) is 4. The van der Waals surface area contributed by atoms with Crippen LogP contribution in [-0.2, 0) is 4.74 Å². The molecule has 3 atom stereocenters. The molecule has 3 N–H and O–H groups in total. The first-order valence-electron chi connectivity index (χ1n) is 7.70. The summed E-state index contributed by atoms with van der Waals surface area (Å²) in [5.74, 6) is 1.51. The Hall–Kier alpha value is -0.160. The maximum atomic E-state index is 9.78. The van der Waals surface area contributed by atoms with Crippen LogP contribution >= 0.6 is 0 Å². The summed E-state index contributed by atoms with van der Waals surface area (Å²) in [5.41, 5.74) is 0. The summed E-state index contributed by atoms with van der Waals surface area (Å²) >= 11 is 0. The third kappa shape index (κ3) is 7.25. The van der Waals surface area contributed by atoms with Gasteiger partial charge >= 0.3 is 0 Å². The van der Waals surface area contributed by atoms with Crippen molar-refractivity contribution in [2.45, 2.75) is 45.6 Å². The molecule has 1 saturated carbocycles. The van der Waals surface area contributed by atoms with Gasteiger partial charge in [0.15, 0.2) is 0 Å². The molecule has 19 heavy (non-hydrogen) atoms. The van der Waals surface area contributed by atoms with Crippen molar-refractivity contribution in [3.63, 3.8) is 0 Å². The van der Waals surface area contributed by atoms with Crippen molar-refractivity contribution in [2.24, 2.45) is 17.8 Å². The van der Waals surface area contributed by atoms with Crippen LogP contribution < -0.4 is 5.32 Å². The van der Waals surface area contributed by atoms with Gasteiger partial charge in [0.1, 0.15) is 0 Å². The third-order valence-electron chi connectivity index (χ3n) is 3.85. The minimum absolute atomic E-state index is 0.298. The van der Waals surface area contributed by atoms with Crippen LogP contribution in [0.25, 0.3) is 0 Å². The number of rotatable bonds is 9. The molecule has 0 aromatic rings. The van der Waals surface area contributed by atoms with Crippen molar-refractivity contribution in [1.29, 1.82) is 0 Å². The number of hydrogen-bond donors (Lipinski definition) is 3. The minimum atomic E-state index is -0.435. The molecule has 0 spiro atoms. The van der Waals surface area contributed by atoms with Gasteiger partial charge in [0.2, 0.25) is 0 Å². The molecule has 1 rings (SSSR count). The van der Waals surface area contributed by atoms with E-state index >= 15 is 0 Å². The molecule has 0 heterocycles. The fraction of sp³-hybridized carbons (Fsp3) is 1.00. The molecule has 0 bridgehead atoms. The Morgan fingerprint density at radius 3 is 2.47 bits per heavy atom. The molecule has 4 nitrogen and oxygen atoms in total. The van der Waals surface area contributed by atoms with Gasteiger partial charge in [0, 0.05) is 19.8 Å². The zero-order valence-electron chi connectivity index (χ0n) is 12.5. The first-order chi connectivity index (χ1) is 9.13. The highest BCUT2D eigenvalue weighted by molar-refractivity contribution is 4.77. The molecule has 1 fully saturated rings. The Bertz CT molecular complexity index is 223. The highest BCUT2D eigenvalue weighted by atomic mass is 16.5. The van der Waals surface area contributed by atoms with E-state index in [1.54, 1.807) is 0 Å². The lowest BCUT2D eigenvalue weighted by Crippen LogP contribution is -2.37. The van der Waals surface area contributed by atoms with Gasteiger partial charge in [0.05, 0.1) is 12.7 Å². The predicted molar refractivity (Wildman–Crippen MR) is 77.1 cm³/mol. The summed E-state index contributed by atoms with van der Waals surface area (Å²) in [6.45, 7) is 7.07. The standard InChI is InChI=1S/C15H31NO3/c1-12(2)10-19-11-15(18)8-16-7-13-5-3-4-6-14(13)9-17/h12-18H,3-11H2,1-2H3. The SMILES string of the molecule is CC(C)COCC(O)CNCC1CCCCC1CO. The first-order valence-corrected chi connectivity index (χ1v) is 7.70. The van der Waals surface area contributed by atoms with Gasteiger partial charge in [-0.1, -0.05) is 26.7 Å². The van der Waals surface area contributed by atoms with Gasteiger partial charge in [-0.05, 0) is 37.1 Å². The van der Waals surface area contributed by atoms with Crippen LogP contribution in [0.4, 0.5) is 0 Å². The molecule has 1 aliphatic carbocycles. The molecule has 0 saturated heterocycles. The maximum Gasteiger partial charge on any atom is 0.0897 e. The largest absolute Gasteiger partial charge is 0.396 e.